The molecule has 0 spiro atoms. The predicted molar refractivity (Wildman–Crippen MR) is 63.6 cm³/mol. The van der Waals surface area contributed by atoms with Crippen LogP contribution in [0.3, 0.4) is 0 Å². The zero-order valence-electron chi connectivity index (χ0n) is 8.72. The Balaban J connectivity index is 2.40. The van der Waals surface area contributed by atoms with Crippen LogP contribution < -0.4 is 5.11 Å². The maximum Gasteiger partial charge on any atom is 0.123 e. The molecule has 0 aliphatic heterocycles. The summed E-state index contributed by atoms with van der Waals surface area (Å²) >= 11 is 1.32. The van der Waals surface area contributed by atoms with Crippen molar-refractivity contribution in [2.24, 2.45) is 0 Å². The summed E-state index contributed by atoms with van der Waals surface area (Å²) in [6, 6.07) is 9.08. The van der Waals surface area contributed by atoms with E-state index in [1.807, 2.05) is 0 Å². The fourth-order valence-electron chi connectivity index (χ4n) is 1.39. The third-order valence-corrected chi connectivity index (χ3v) is 3.09. The quantitative estimate of drug-likeness (QED) is 0.780. The Hall–Kier alpha value is -1.94. The van der Waals surface area contributed by atoms with Crippen LogP contribution in [0.25, 0.3) is 11.6 Å². The number of thiophene rings is 1. The maximum absolute atomic E-state index is 12.7. The molecule has 2 rings (SSSR count). The summed E-state index contributed by atoms with van der Waals surface area (Å²) in [4.78, 5) is 11.6. The van der Waals surface area contributed by atoms with Crippen LogP contribution in [0.4, 0.5) is 4.39 Å². The minimum absolute atomic E-state index is 0.103. The molecule has 0 aliphatic rings. The molecule has 2 nitrogen and oxygen atoms in total. The Morgan fingerprint density at radius 3 is 2.47 bits per heavy atom. The number of carbonyl (C=O) groups excluding carboxylic acids is 1. The number of carbonyl (C=O) groups is 1. The van der Waals surface area contributed by atoms with E-state index in [0.29, 0.717) is 10.4 Å². The van der Waals surface area contributed by atoms with Crippen molar-refractivity contribution < 1.29 is 14.3 Å². The molecule has 0 saturated heterocycles. The SMILES string of the molecule is O=C([O-])/C(=C\c1ccc(F)cc1)c1cccs1. The Morgan fingerprint density at radius 1 is 1.24 bits per heavy atom. The highest BCUT2D eigenvalue weighted by atomic mass is 32.1. The molecule has 1 aromatic heterocycles. The van der Waals surface area contributed by atoms with Crippen LogP contribution in [0.15, 0.2) is 41.8 Å². The predicted octanol–water partition coefficient (Wildman–Crippen LogP) is 2.18. The average molecular weight is 247 g/mol. The van der Waals surface area contributed by atoms with E-state index in [-0.39, 0.29) is 11.4 Å². The molecule has 0 amide bonds. The Bertz CT molecular complexity index is 541. The van der Waals surface area contributed by atoms with E-state index < -0.39 is 5.97 Å². The van der Waals surface area contributed by atoms with Gasteiger partial charge in [-0.1, -0.05) is 18.2 Å². The van der Waals surface area contributed by atoms with Gasteiger partial charge in [0.05, 0.1) is 5.97 Å². The molecular weight excluding hydrogens is 239 g/mol. The van der Waals surface area contributed by atoms with Gasteiger partial charge in [0.1, 0.15) is 5.82 Å². The fraction of sp³-hybridized carbons (Fsp3) is 0. The van der Waals surface area contributed by atoms with Crippen molar-refractivity contribution in [1.29, 1.82) is 0 Å². The van der Waals surface area contributed by atoms with Crippen molar-refractivity contribution in [3.63, 3.8) is 0 Å². The van der Waals surface area contributed by atoms with Crippen molar-refractivity contribution in [2.45, 2.75) is 0 Å². The number of rotatable bonds is 3. The molecule has 86 valence electrons. The van der Waals surface area contributed by atoms with Gasteiger partial charge in [-0.3, -0.25) is 0 Å². The number of hydrogen-bond donors (Lipinski definition) is 0. The van der Waals surface area contributed by atoms with E-state index in [9.17, 15) is 14.3 Å². The minimum Gasteiger partial charge on any atom is -0.545 e. The first kappa shape index (κ1) is 11.5. The number of hydrogen-bond acceptors (Lipinski definition) is 3. The Kier molecular flexibility index (Phi) is 3.35. The van der Waals surface area contributed by atoms with Gasteiger partial charge in [0.25, 0.3) is 0 Å². The van der Waals surface area contributed by atoms with Gasteiger partial charge in [-0.2, -0.15) is 0 Å². The van der Waals surface area contributed by atoms with Gasteiger partial charge in [-0.15, -0.1) is 11.3 Å². The molecule has 0 unspecified atom stereocenters. The number of halogens is 1. The van der Waals surface area contributed by atoms with Gasteiger partial charge < -0.3 is 9.90 Å². The zero-order chi connectivity index (χ0) is 12.3. The summed E-state index contributed by atoms with van der Waals surface area (Å²) in [7, 11) is 0. The number of benzene rings is 1. The van der Waals surface area contributed by atoms with Crippen LogP contribution in [0.5, 0.6) is 0 Å². The topological polar surface area (TPSA) is 40.1 Å². The molecule has 0 atom stereocenters. The lowest BCUT2D eigenvalue weighted by atomic mass is 10.1. The monoisotopic (exact) mass is 247 g/mol. The summed E-state index contributed by atoms with van der Waals surface area (Å²) in [5.74, 6) is -1.59. The van der Waals surface area contributed by atoms with Crippen molar-refractivity contribution >= 4 is 29.0 Å². The molecule has 4 heteroatoms. The molecule has 1 heterocycles. The molecule has 1 aromatic carbocycles. The number of carboxylic acids is 1. The largest absolute Gasteiger partial charge is 0.545 e. The smallest absolute Gasteiger partial charge is 0.123 e. The summed E-state index contributed by atoms with van der Waals surface area (Å²) < 4.78 is 12.7. The maximum atomic E-state index is 12.7. The summed E-state index contributed by atoms with van der Waals surface area (Å²) in [6.07, 6.45) is 1.47. The van der Waals surface area contributed by atoms with Gasteiger partial charge in [-0.25, -0.2) is 4.39 Å². The Morgan fingerprint density at radius 2 is 1.94 bits per heavy atom. The highest BCUT2D eigenvalue weighted by Gasteiger charge is 2.04. The molecule has 0 fully saturated rings. The van der Waals surface area contributed by atoms with E-state index in [0.717, 1.165) is 0 Å². The minimum atomic E-state index is -1.24. The van der Waals surface area contributed by atoms with Gasteiger partial charge >= 0.3 is 0 Å². The van der Waals surface area contributed by atoms with E-state index >= 15 is 0 Å². The lowest BCUT2D eigenvalue weighted by Crippen LogP contribution is -2.23. The highest BCUT2D eigenvalue weighted by molar-refractivity contribution is 7.11. The van der Waals surface area contributed by atoms with Crippen molar-refractivity contribution in [3.8, 4) is 0 Å². The third-order valence-electron chi connectivity index (χ3n) is 2.19. The van der Waals surface area contributed by atoms with Gasteiger partial charge in [-0.05, 0) is 35.2 Å². The first-order valence-corrected chi connectivity index (χ1v) is 5.77. The second-order valence-corrected chi connectivity index (χ2v) is 4.32. The van der Waals surface area contributed by atoms with Gasteiger partial charge in [0, 0.05) is 10.5 Å². The van der Waals surface area contributed by atoms with E-state index in [1.54, 1.807) is 17.5 Å². The van der Waals surface area contributed by atoms with E-state index in [4.69, 9.17) is 0 Å². The summed E-state index contributed by atoms with van der Waals surface area (Å²) in [5.41, 5.74) is 0.727. The molecule has 17 heavy (non-hydrogen) atoms. The summed E-state index contributed by atoms with van der Waals surface area (Å²) in [6.45, 7) is 0. The molecule has 0 saturated carbocycles. The van der Waals surface area contributed by atoms with Crippen molar-refractivity contribution in [1.82, 2.24) is 0 Å². The lowest BCUT2D eigenvalue weighted by Gasteiger charge is -2.06. The van der Waals surface area contributed by atoms with Crippen LogP contribution in [0.2, 0.25) is 0 Å². The highest BCUT2D eigenvalue weighted by Crippen LogP contribution is 2.22. The third kappa shape index (κ3) is 2.79. The van der Waals surface area contributed by atoms with Crippen LogP contribution in [0.1, 0.15) is 10.4 Å². The first-order valence-electron chi connectivity index (χ1n) is 4.89. The number of aliphatic carboxylic acids is 1. The molecule has 0 aliphatic carbocycles. The van der Waals surface area contributed by atoms with E-state index in [1.165, 1.54) is 41.7 Å². The van der Waals surface area contributed by atoms with Crippen LogP contribution in [-0.2, 0) is 4.79 Å². The van der Waals surface area contributed by atoms with E-state index in [2.05, 4.69) is 0 Å². The van der Waals surface area contributed by atoms with Crippen LogP contribution >= 0.6 is 11.3 Å². The second kappa shape index (κ2) is 4.93. The van der Waals surface area contributed by atoms with Crippen LogP contribution in [0, 0.1) is 5.82 Å². The standard InChI is InChI=1S/C13H9FO2S/c14-10-5-3-9(4-6-10)8-11(13(15)16)12-2-1-7-17-12/h1-8H,(H,15,16)/p-1/b11-8-. The molecular formula is C13H8FO2S-. The Labute approximate surface area is 102 Å². The lowest BCUT2D eigenvalue weighted by molar-refractivity contribution is -0.295. The van der Waals surface area contributed by atoms with Crippen molar-refractivity contribution in [2.75, 3.05) is 0 Å². The fourth-order valence-corrected chi connectivity index (χ4v) is 2.12. The first-order chi connectivity index (χ1) is 8.16. The molecule has 2 aromatic rings. The molecule has 0 radical (unpaired) electrons. The van der Waals surface area contributed by atoms with Crippen LogP contribution in [-0.4, -0.2) is 5.97 Å². The van der Waals surface area contributed by atoms with Crippen molar-refractivity contribution in [3.05, 3.63) is 58.0 Å². The summed E-state index contributed by atoms with van der Waals surface area (Å²) in [5, 5.41) is 12.8. The average Bonchev–Trinajstić information content (AvgIpc) is 2.81. The zero-order valence-corrected chi connectivity index (χ0v) is 9.54. The second-order valence-electron chi connectivity index (χ2n) is 3.37. The molecule has 0 bridgehead atoms. The number of carboxylic acid groups (broad SMARTS) is 1. The van der Waals surface area contributed by atoms with Gasteiger partial charge in [0.15, 0.2) is 0 Å². The molecule has 0 N–H and O–H groups in total. The van der Waals surface area contributed by atoms with Gasteiger partial charge in [0.2, 0.25) is 0 Å². The normalized spacial score (nSPS) is 11.5.